The number of nitrogens with zero attached hydrogens (tertiary/aromatic N) is 2. The Morgan fingerprint density at radius 1 is 0.313 bits per heavy atom. The topological polar surface area (TPSA) is 32.8 Å². The number of benzene rings is 14. The molecule has 0 spiro atoms. The van der Waals surface area contributed by atoms with Crippen molar-refractivity contribution in [2.75, 3.05) is 9.80 Å². The Bertz CT molecular complexity index is 5700. The molecular weight excluding hydrogens is 1220 g/mol. The third kappa shape index (κ3) is 10.2. The average molecular weight is 1300 g/mol. The second kappa shape index (κ2) is 23.5. The number of hydrogen-bond acceptors (Lipinski definition) is 4. The predicted molar refractivity (Wildman–Crippen MR) is 422 cm³/mol. The van der Waals surface area contributed by atoms with Gasteiger partial charge in [0.05, 0.1) is 17.1 Å². The number of hydrogen-bond donors (Lipinski definition) is 0. The van der Waals surface area contributed by atoms with Crippen molar-refractivity contribution in [3.05, 3.63) is 337 Å². The summed E-state index contributed by atoms with van der Waals surface area (Å²) in [7, 11) is -2.79. The van der Waals surface area contributed by atoms with Crippen LogP contribution in [0.25, 0.3) is 88.0 Å². The summed E-state index contributed by atoms with van der Waals surface area (Å²) in [5, 5.41) is 12.1. The van der Waals surface area contributed by atoms with Crippen LogP contribution in [0.5, 0.6) is 0 Å². The van der Waals surface area contributed by atoms with E-state index in [1.807, 2.05) is 0 Å². The van der Waals surface area contributed by atoms with E-state index in [0.29, 0.717) is 0 Å². The highest BCUT2D eigenvalue weighted by Crippen LogP contribution is 2.57. The van der Waals surface area contributed by atoms with Crippen LogP contribution in [0.1, 0.15) is 83.2 Å². The van der Waals surface area contributed by atoms with E-state index in [1.54, 1.807) is 0 Å². The Hall–Kier alpha value is -11.2. The standard InChI is InChI=1S/C94H78N2O2Si/c1-61-25-21-26-62(55-61)64-41-53-87-80(57-64)77-37-23-39-84(90(77)97-87)95(68-47-43-66(44-48-68)92(2,3)4)70-51-52-79-82(59-70)94(8,9)83-60-86(75-35-19-20-36-76(75)89(79)83)96(69-49-45-67(46-50-69)93(5,6)7)85-40-24-38-78-81-58-65(42-54-88(81)98-91(78)85)63-27-22-34-74(56-63)99(71-28-13-10-14-29-71,72-30-15-11-16-31-72)73-32-17-12-18-33-73/h10-60H,1-9H3. The minimum absolute atomic E-state index is 0.0174. The molecule has 1 aliphatic carbocycles. The monoisotopic (exact) mass is 1290 g/mol. The Morgan fingerprint density at radius 2 is 0.747 bits per heavy atom. The van der Waals surface area contributed by atoms with Gasteiger partial charge < -0.3 is 18.6 Å². The minimum Gasteiger partial charge on any atom is -0.454 e. The molecule has 4 nitrogen and oxygen atoms in total. The van der Waals surface area contributed by atoms with Crippen molar-refractivity contribution in [3.8, 4) is 33.4 Å². The van der Waals surface area contributed by atoms with Crippen LogP contribution in [0.4, 0.5) is 34.1 Å². The van der Waals surface area contributed by atoms with Crippen LogP contribution in [0.15, 0.2) is 318 Å². The molecule has 14 aromatic carbocycles. The van der Waals surface area contributed by atoms with Gasteiger partial charge in [-0.15, -0.1) is 0 Å². The maximum atomic E-state index is 7.28. The van der Waals surface area contributed by atoms with Crippen LogP contribution in [-0.2, 0) is 16.2 Å². The van der Waals surface area contributed by atoms with Crippen LogP contribution in [0, 0.1) is 6.92 Å². The Balaban J connectivity index is 0.810. The fourth-order valence-electron chi connectivity index (χ4n) is 16.0. The molecule has 2 aromatic heterocycles. The van der Waals surface area contributed by atoms with Gasteiger partial charge in [-0.2, -0.15) is 0 Å². The van der Waals surface area contributed by atoms with Gasteiger partial charge >= 0.3 is 0 Å². The first-order chi connectivity index (χ1) is 48.0. The zero-order valence-electron chi connectivity index (χ0n) is 57.7. The molecule has 0 unspecified atom stereocenters. The third-order valence-electron chi connectivity index (χ3n) is 21.2. The summed E-state index contributed by atoms with van der Waals surface area (Å²) >= 11 is 0. The lowest BCUT2D eigenvalue weighted by molar-refractivity contribution is 0.590. The summed E-state index contributed by atoms with van der Waals surface area (Å²) < 4.78 is 14.3. The molecule has 0 N–H and O–H groups in total. The molecule has 0 atom stereocenters. The van der Waals surface area contributed by atoms with Gasteiger partial charge in [0, 0.05) is 49.4 Å². The first-order valence-electron chi connectivity index (χ1n) is 34.8. The molecule has 16 aromatic rings. The average Bonchev–Trinajstić information content (AvgIpc) is 1.62. The Kier molecular flexibility index (Phi) is 14.6. The highest BCUT2D eigenvalue weighted by molar-refractivity contribution is 7.20. The zero-order valence-corrected chi connectivity index (χ0v) is 58.7. The number of aryl methyl sites for hydroxylation is 1. The number of furan rings is 2. The van der Waals surface area contributed by atoms with Gasteiger partial charge in [0.1, 0.15) is 11.2 Å². The molecule has 99 heavy (non-hydrogen) atoms. The second-order valence-electron chi connectivity index (χ2n) is 29.7. The van der Waals surface area contributed by atoms with E-state index >= 15 is 0 Å². The number of rotatable bonds is 12. The molecule has 0 fully saturated rings. The van der Waals surface area contributed by atoms with E-state index < -0.39 is 13.5 Å². The number of anilines is 6. The molecule has 0 radical (unpaired) electrons. The number of fused-ring (bicyclic) bond motifs is 11. The van der Waals surface area contributed by atoms with E-state index in [0.717, 1.165) is 89.0 Å². The Morgan fingerprint density at radius 3 is 1.27 bits per heavy atom. The smallest absolute Gasteiger partial charge is 0.179 e. The van der Waals surface area contributed by atoms with Crippen LogP contribution in [0.2, 0.25) is 0 Å². The molecule has 5 heteroatoms. The van der Waals surface area contributed by atoms with Crippen LogP contribution in [-0.4, -0.2) is 8.07 Å². The first-order valence-corrected chi connectivity index (χ1v) is 36.8. The SMILES string of the molecule is Cc1cccc(-c2ccc3oc4c(N(c5ccc(C(C)(C)C)cc5)c5ccc6c(c5)C(C)(C)c5cc(N(c7ccc(C(C)(C)C)cc7)c7cccc8c7oc7ccc(-c9cccc([Si](c%10ccccc%10)(c%10ccccc%10)c%10ccccc%10)c9)cc78)c7ccccc7c5-6)cccc4c3c2)c1. The van der Waals surface area contributed by atoms with Gasteiger partial charge in [-0.1, -0.05) is 291 Å². The summed E-state index contributed by atoms with van der Waals surface area (Å²) in [5.74, 6) is 0. The lowest BCUT2D eigenvalue weighted by Gasteiger charge is -2.34. The molecule has 17 rings (SSSR count). The maximum absolute atomic E-state index is 7.28. The fourth-order valence-corrected chi connectivity index (χ4v) is 20.8. The predicted octanol–water partition coefficient (Wildman–Crippen LogP) is 23.5. The van der Waals surface area contributed by atoms with Gasteiger partial charge in [0.15, 0.2) is 19.2 Å². The largest absolute Gasteiger partial charge is 0.454 e. The first kappa shape index (κ1) is 61.4. The molecule has 0 saturated carbocycles. The molecule has 0 saturated heterocycles. The van der Waals surface area contributed by atoms with Crippen LogP contribution < -0.4 is 30.5 Å². The van der Waals surface area contributed by atoms with Gasteiger partial charge in [0.25, 0.3) is 0 Å². The van der Waals surface area contributed by atoms with Gasteiger partial charge in [-0.05, 0) is 178 Å². The summed E-state index contributed by atoms with van der Waals surface area (Å²) in [6, 6.07) is 115. The molecule has 0 bridgehead atoms. The highest BCUT2D eigenvalue weighted by atomic mass is 28.3. The highest BCUT2D eigenvalue weighted by Gasteiger charge is 2.42. The maximum Gasteiger partial charge on any atom is 0.179 e. The molecule has 1 aliphatic rings. The second-order valence-corrected chi connectivity index (χ2v) is 33.5. The van der Waals surface area contributed by atoms with Crippen molar-refractivity contribution in [2.45, 2.75) is 78.6 Å². The van der Waals surface area contributed by atoms with E-state index in [1.165, 1.54) is 81.8 Å². The van der Waals surface area contributed by atoms with Crippen molar-refractivity contribution in [1.82, 2.24) is 0 Å². The van der Waals surface area contributed by atoms with E-state index in [9.17, 15) is 0 Å². The zero-order chi connectivity index (χ0) is 67.5. The summed E-state index contributed by atoms with van der Waals surface area (Å²) in [4.78, 5) is 4.88. The van der Waals surface area contributed by atoms with Gasteiger partial charge in [-0.3, -0.25) is 0 Å². The fraction of sp³-hybridized carbons (Fsp3) is 0.128. The molecule has 2 heterocycles. The van der Waals surface area contributed by atoms with Crippen LogP contribution in [0.3, 0.4) is 0 Å². The van der Waals surface area contributed by atoms with Crippen molar-refractivity contribution < 1.29 is 8.83 Å². The van der Waals surface area contributed by atoms with Crippen LogP contribution >= 0.6 is 0 Å². The molecule has 480 valence electrons. The lowest BCUT2D eigenvalue weighted by Crippen LogP contribution is -2.74. The van der Waals surface area contributed by atoms with E-state index in [4.69, 9.17) is 8.83 Å². The summed E-state index contributed by atoms with van der Waals surface area (Å²) in [6.07, 6.45) is 0. The molecule has 0 amide bonds. The quantitative estimate of drug-likeness (QED) is 0.0901. The Labute approximate surface area is 581 Å². The van der Waals surface area contributed by atoms with Gasteiger partial charge in [0.2, 0.25) is 0 Å². The third-order valence-corrected chi connectivity index (χ3v) is 25.9. The molecular formula is C94H78N2O2Si. The minimum atomic E-state index is -2.79. The normalized spacial score (nSPS) is 13.0. The van der Waals surface area contributed by atoms with E-state index in [2.05, 4.69) is 381 Å². The number of para-hydroxylation sites is 2. The molecule has 0 aliphatic heterocycles. The van der Waals surface area contributed by atoms with Crippen molar-refractivity contribution in [3.63, 3.8) is 0 Å². The summed E-state index contributed by atoms with van der Waals surface area (Å²) in [5.41, 5.74) is 22.6. The summed E-state index contributed by atoms with van der Waals surface area (Å²) in [6.45, 7) is 20.7. The lowest BCUT2D eigenvalue weighted by atomic mass is 9.81. The van der Waals surface area contributed by atoms with E-state index in [-0.39, 0.29) is 10.8 Å². The van der Waals surface area contributed by atoms with Crippen molar-refractivity contribution in [2.24, 2.45) is 0 Å². The van der Waals surface area contributed by atoms with Gasteiger partial charge in [-0.25, -0.2) is 0 Å². The van der Waals surface area contributed by atoms with Crippen molar-refractivity contribution in [1.29, 1.82) is 0 Å². The van der Waals surface area contributed by atoms with Crippen molar-refractivity contribution >= 4 is 118 Å².